The number of rotatable bonds is 7. The molecule has 130 valence electrons. The number of hydrogen-bond acceptors (Lipinski definition) is 1. The minimum atomic E-state index is -0.262. The van der Waals surface area contributed by atoms with E-state index < -0.39 is 0 Å². The molecule has 3 aromatic carbocycles. The van der Waals surface area contributed by atoms with Crippen LogP contribution in [-0.2, 0) is 13.0 Å². The summed E-state index contributed by atoms with van der Waals surface area (Å²) in [7, 11) is 0. The first-order valence-electron chi connectivity index (χ1n) is 8.75. The lowest BCUT2D eigenvalue weighted by atomic mass is 10.1. The molecule has 3 heteroatoms. The molecule has 0 heterocycles. The fourth-order valence-electron chi connectivity index (χ4n) is 2.89. The Morgan fingerprint density at radius 1 is 0.840 bits per heavy atom. The normalized spacial score (nSPS) is 11.0. The van der Waals surface area contributed by atoms with E-state index in [-0.39, 0.29) is 18.2 Å². The second kappa shape index (κ2) is 8.11. The zero-order valence-corrected chi connectivity index (χ0v) is 14.4. The summed E-state index contributed by atoms with van der Waals surface area (Å²) in [6.07, 6.45) is 4.32. The molecule has 0 aromatic heterocycles. The summed E-state index contributed by atoms with van der Waals surface area (Å²) in [6.45, 7) is 2.33. The highest BCUT2D eigenvalue weighted by molar-refractivity contribution is 5.83. The lowest BCUT2D eigenvalue weighted by Gasteiger charge is -2.10. The van der Waals surface area contributed by atoms with Crippen LogP contribution in [0.25, 0.3) is 10.8 Å². The molecule has 25 heavy (non-hydrogen) atoms. The summed E-state index contributed by atoms with van der Waals surface area (Å²) >= 11 is 0. The van der Waals surface area contributed by atoms with Crippen molar-refractivity contribution in [1.82, 2.24) is 0 Å². The minimum absolute atomic E-state index is 0.174. The topological polar surface area (TPSA) is 9.23 Å². The molecule has 3 aromatic rings. The van der Waals surface area contributed by atoms with E-state index in [1.54, 1.807) is 30.3 Å². The number of benzene rings is 3. The molecule has 0 N–H and O–H groups in total. The van der Waals surface area contributed by atoms with Crippen LogP contribution in [0.5, 0.6) is 5.75 Å². The number of unbranched alkanes of at least 4 members (excludes halogenated alkanes) is 2. The monoisotopic (exact) mass is 340 g/mol. The van der Waals surface area contributed by atoms with Gasteiger partial charge in [0.2, 0.25) is 0 Å². The largest absolute Gasteiger partial charge is 0.489 e. The number of hydrogen-bond donors (Lipinski definition) is 0. The van der Waals surface area contributed by atoms with Crippen LogP contribution in [0.4, 0.5) is 8.78 Å². The standard InChI is InChI=1S/C22H22F2O/c1-2-3-4-5-16-6-7-19(22(24)12-16)15-25-21-11-9-17-13-20(23)10-8-18(17)14-21/h6-14H,2-5,15H2,1H3. The first-order valence-corrected chi connectivity index (χ1v) is 8.75. The lowest BCUT2D eigenvalue weighted by molar-refractivity contribution is 0.300. The van der Waals surface area contributed by atoms with E-state index in [1.807, 2.05) is 12.1 Å². The molecule has 0 aliphatic rings. The predicted molar refractivity (Wildman–Crippen MR) is 97.9 cm³/mol. The van der Waals surface area contributed by atoms with Crippen molar-refractivity contribution in [3.8, 4) is 5.75 Å². The molecule has 0 atom stereocenters. The molecule has 0 fully saturated rings. The third-order valence-electron chi connectivity index (χ3n) is 4.35. The maximum Gasteiger partial charge on any atom is 0.130 e. The number of aryl methyl sites for hydroxylation is 1. The van der Waals surface area contributed by atoms with Gasteiger partial charge in [0.25, 0.3) is 0 Å². The van der Waals surface area contributed by atoms with Gasteiger partial charge in [0.05, 0.1) is 0 Å². The first kappa shape index (κ1) is 17.4. The molecular weight excluding hydrogens is 318 g/mol. The molecule has 0 radical (unpaired) electrons. The van der Waals surface area contributed by atoms with E-state index in [0.717, 1.165) is 35.6 Å². The summed E-state index contributed by atoms with van der Waals surface area (Å²) in [5, 5.41) is 1.71. The Labute approximate surface area is 147 Å². The second-order valence-corrected chi connectivity index (χ2v) is 6.32. The van der Waals surface area contributed by atoms with Gasteiger partial charge in [-0.2, -0.15) is 0 Å². The fraction of sp³-hybridized carbons (Fsp3) is 0.273. The average molecular weight is 340 g/mol. The molecule has 3 rings (SSSR count). The van der Waals surface area contributed by atoms with Crippen LogP contribution in [0.3, 0.4) is 0 Å². The molecule has 1 nitrogen and oxygen atoms in total. The fourth-order valence-corrected chi connectivity index (χ4v) is 2.89. The SMILES string of the molecule is CCCCCc1ccc(COc2ccc3cc(F)ccc3c2)c(F)c1. The molecule has 0 bridgehead atoms. The van der Waals surface area contributed by atoms with Crippen molar-refractivity contribution in [2.45, 2.75) is 39.2 Å². The van der Waals surface area contributed by atoms with Crippen LogP contribution in [0.15, 0.2) is 54.6 Å². The minimum Gasteiger partial charge on any atom is -0.489 e. The Hall–Kier alpha value is -2.42. The van der Waals surface area contributed by atoms with Gasteiger partial charge in [0.15, 0.2) is 0 Å². The summed E-state index contributed by atoms with van der Waals surface area (Å²) in [5.74, 6) is 0.157. The van der Waals surface area contributed by atoms with E-state index in [4.69, 9.17) is 4.74 Å². The number of ether oxygens (including phenoxy) is 1. The van der Waals surface area contributed by atoms with Crippen molar-refractivity contribution in [1.29, 1.82) is 0 Å². The average Bonchev–Trinajstić information content (AvgIpc) is 2.61. The summed E-state index contributed by atoms with van der Waals surface area (Å²) in [5.41, 5.74) is 1.57. The van der Waals surface area contributed by atoms with Gasteiger partial charge in [-0.3, -0.25) is 0 Å². The molecular formula is C22H22F2O. The van der Waals surface area contributed by atoms with Gasteiger partial charge in [-0.15, -0.1) is 0 Å². The van der Waals surface area contributed by atoms with Crippen molar-refractivity contribution in [2.24, 2.45) is 0 Å². The Bertz CT molecular complexity index is 858. The van der Waals surface area contributed by atoms with E-state index in [9.17, 15) is 8.78 Å². The molecule has 0 unspecified atom stereocenters. The van der Waals surface area contributed by atoms with Crippen molar-refractivity contribution in [2.75, 3.05) is 0 Å². The van der Waals surface area contributed by atoms with Crippen LogP contribution in [0.1, 0.15) is 37.3 Å². The number of fused-ring (bicyclic) bond motifs is 1. The van der Waals surface area contributed by atoms with Crippen LogP contribution < -0.4 is 4.74 Å². The van der Waals surface area contributed by atoms with E-state index in [0.29, 0.717) is 11.3 Å². The van der Waals surface area contributed by atoms with Gasteiger partial charge in [0.1, 0.15) is 24.0 Å². The Morgan fingerprint density at radius 3 is 2.44 bits per heavy atom. The van der Waals surface area contributed by atoms with Crippen molar-refractivity contribution >= 4 is 10.8 Å². The van der Waals surface area contributed by atoms with Gasteiger partial charge in [-0.05, 0) is 59.5 Å². The highest BCUT2D eigenvalue weighted by Gasteiger charge is 2.06. The zero-order valence-electron chi connectivity index (χ0n) is 14.4. The Kier molecular flexibility index (Phi) is 5.64. The van der Waals surface area contributed by atoms with Crippen molar-refractivity contribution in [3.63, 3.8) is 0 Å². The predicted octanol–water partition coefficient (Wildman–Crippen LogP) is 6.43. The van der Waals surface area contributed by atoms with Gasteiger partial charge < -0.3 is 4.74 Å². The third kappa shape index (κ3) is 4.56. The molecule has 0 amide bonds. The van der Waals surface area contributed by atoms with Gasteiger partial charge >= 0.3 is 0 Å². The number of halogens is 2. The van der Waals surface area contributed by atoms with Crippen LogP contribution in [0.2, 0.25) is 0 Å². The summed E-state index contributed by atoms with van der Waals surface area (Å²) in [6, 6.07) is 15.4. The quantitative estimate of drug-likeness (QED) is 0.450. The second-order valence-electron chi connectivity index (χ2n) is 6.32. The molecule has 0 spiro atoms. The molecule has 0 aliphatic carbocycles. The van der Waals surface area contributed by atoms with E-state index >= 15 is 0 Å². The maximum atomic E-state index is 14.2. The van der Waals surface area contributed by atoms with Gasteiger partial charge in [-0.1, -0.05) is 44.0 Å². The summed E-state index contributed by atoms with van der Waals surface area (Å²) < 4.78 is 33.2. The smallest absolute Gasteiger partial charge is 0.130 e. The molecule has 0 saturated carbocycles. The van der Waals surface area contributed by atoms with Crippen molar-refractivity contribution < 1.29 is 13.5 Å². The molecule has 0 aliphatic heterocycles. The van der Waals surface area contributed by atoms with Gasteiger partial charge in [-0.25, -0.2) is 8.78 Å². The van der Waals surface area contributed by atoms with Crippen LogP contribution in [0, 0.1) is 11.6 Å². The zero-order chi connectivity index (χ0) is 17.6. The van der Waals surface area contributed by atoms with Crippen LogP contribution in [-0.4, -0.2) is 0 Å². The highest BCUT2D eigenvalue weighted by atomic mass is 19.1. The highest BCUT2D eigenvalue weighted by Crippen LogP contribution is 2.23. The molecule has 0 saturated heterocycles. The lowest BCUT2D eigenvalue weighted by Crippen LogP contribution is -2.00. The van der Waals surface area contributed by atoms with E-state index in [1.165, 1.54) is 18.6 Å². The summed E-state index contributed by atoms with van der Waals surface area (Å²) in [4.78, 5) is 0. The van der Waals surface area contributed by atoms with Gasteiger partial charge in [0, 0.05) is 5.56 Å². The maximum absolute atomic E-state index is 14.2. The van der Waals surface area contributed by atoms with E-state index in [2.05, 4.69) is 6.92 Å². The Morgan fingerprint density at radius 2 is 1.64 bits per heavy atom. The van der Waals surface area contributed by atoms with Crippen LogP contribution >= 0.6 is 0 Å². The Balaban J connectivity index is 1.65. The third-order valence-corrected chi connectivity index (χ3v) is 4.35. The first-order chi connectivity index (χ1) is 12.2. The van der Waals surface area contributed by atoms with Crippen molar-refractivity contribution in [3.05, 3.63) is 77.4 Å².